The van der Waals surface area contributed by atoms with E-state index in [1.807, 2.05) is 13.8 Å². The number of nitrogens with zero attached hydrogens (tertiary/aromatic N) is 2. The number of nitrogen functional groups attached to an aromatic ring is 1. The topological polar surface area (TPSA) is 78.0 Å². The number of aryl methyl sites for hydroxylation is 2. The van der Waals surface area contributed by atoms with Crippen molar-refractivity contribution in [3.05, 3.63) is 40.7 Å². The second kappa shape index (κ2) is 5.46. The van der Waals surface area contributed by atoms with Gasteiger partial charge in [0, 0.05) is 12.2 Å². The van der Waals surface area contributed by atoms with E-state index in [2.05, 4.69) is 5.10 Å². The maximum atomic E-state index is 12.4. The van der Waals surface area contributed by atoms with Gasteiger partial charge in [0.2, 0.25) is 0 Å². The molecule has 1 aromatic heterocycles. The molecule has 2 rings (SSSR count). The van der Waals surface area contributed by atoms with Crippen molar-refractivity contribution in [2.45, 2.75) is 31.0 Å². The third-order valence-corrected chi connectivity index (χ3v) is 5.04. The summed E-state index contributed by atoms with van der Waals surface area (Å²) >= 11 is 5.98. The molecular weight excluding hydrogens is 298 g/mol. The Labute approximate surface area is 123 Å². The quantitative estimate of drug-likeness (QED) is 0.879. The molecule has 2 N–H and O–H groups in total. The molecule has 1 aromatic carbocycles. The average Bonchev–Trinajstić information content (AvgIpc) is 2.67. The fraction of sp³-hybridized carbons (Fsp3) is 0.308. The van der Waals surface area contributed by atoms with Crippen molar-refractivity contribution in [3.8, 4) is 0 Å². The van der Waals surface area contributed by atoms with Crippen molar-refractivity contribution in [3.63, 3.8) is 0 Å². The van der Waals surface area contributed by atoms with Crippen LogP contribution >= 0.6 is 11.6 Å². The van der Waals surface area contributed by atoms with Crippen LogP contribution in [0.1, 0.15) is 18.3 Å². The Morgan fingerprint density at radius 3 is 2.65 bits per heavy atom. The first-order valence-corrected chi connectivity index (χ1v) is 8.17. The van der Waals surface area contributed by atoms with Gasteiger partial charge in [0.05, 0.1) is 27.1 Å². The summed E-state index contributed by atoms with van der Waals surface area (Å²) in [5.41, 5.74) is 7.46. The predicted molar refractivity (Wildman–Crippen MR) is 79.4 cm³/mol. The summed E-state index contributed by atoms with van der Waals surface area (Å²) in [6, 6.07) is 6.18. The Balaban J connectivity index is 2.40. The fourth-order valence-corrected chi connectivity index (χ4v) is 3.98. The lowest BCUT2D eigenvalue weighted by Crippen LogP contribution is -2.11. The molecule has 108 valence electrons. The summed E-state index contributed by atoms with van der Waals surface area (Å²) in [6.07, 6.45) is 0. The number of sulfone groups is 1. The molecule has 0 saturated heterocycles. The highest BCUT2D eigenvalue weighted by atomic mass is 35.5. The molecule has 7 heteroatoms. The Bertz CT molecular complexity index is 738. The van der Waals surface area contributed by atoms with E-state index in [1.54, 1.807) is 10.7 Å². The first-order chi connectivity index (χ1) is 9.33. The van der Waals surface area contributed by atoms with E-state index < -0.39 is 9.84 Å². The van der Waals surface area contributed by atoms with E-state index in [0.29, 0.717) is 17.9 Å². The SMILES string of the molecule is CCn1nc(C)cc1CS(=O)(=O)c1ccc(N)cc1Cl. The molecule has 0 saturated carbocycles. The number of rotatable bonds is 4. The lowest BCUT2D eigenvalue weighted by atomic mass is 10.3. The molecule has 0 amide bonds. The van der Waals surface area contributed by atoms with Crippen LogP contribution in [0.3, 0.4) is 0 Å². The number of benzene rings is 1. The standard InChI is InChI=1S/C13H16ClN3O2S/c1-3-17-11(6-9(2)16-17)8-20(18,19)13-5-4-10(15)7-12(13)14/h4-7H,3,8,15H2,1-2H3. The zero-order valence-corrected chi connectivity index (χ0v) is 12.9. The minimum absolute atomic E-state index is 0.0925. The van der Waals surface area contributed by atoms with Gasteiger partial charge in [-0.1, -0.05) is 11.6 Å². The van der Waals surface area contributed by atoms with Crippen molar-refractivity contribution in [2.24, 2.45) is 0 Å². The molecule has 1 heterocycles. The Kier molecular flexibility index (Phi) is 4.06. The molecule has 5 nitrogen and oxygen atoms in total. The van der Waals surface area contributed by atoms with Crippen LogP contribution in [-0.2, 0) is 22.1 Å². The highest BCUT2D eigenvalue weighted by Gasteiger charge is 2.21. The van der Waals surface area contributed by atoms with E-state index in [4.69, 9.17) is 17.3 Å². The lowest BCUT2D eigenvalue weighted by Gasteiger charge is -2.08. The van der Waals surface area contributed by atoms with Gasteiger partial charge in [-0.05, 0) is 38.1 Å². The third kappa shape index (κ3) is 2.96. The molecule has 0 aliphatic carbocycles. The van der Waals surface area contributed by atoms with Gasteiger partial charge in [0.25, 0.3) is 0 Å². The van der Waals surface area contributed by atoms with Crippen LogP contribution in [0.15, 0.2) is 29.2 Å². The van der Waals surface area contributed by atoms with Crippen LogP contribution in [0.5, 0.6) is 0 Å². The first kappa shape index (κ1) is 14.9. The molecule has 0 radical (unpaired) electrons. The summed E-state index contributed by atoms with van der Waals surface area (Å²) in [5, 5.41) is 4.39. The maximum absolute atomic E-state index is 12.4. The van der Waals surface area contributed by atoms with Crippen molar-refractivity contribution in [1.29, 1.82) is 0 Å². The molecule has 0 aliphatic heterocycles. The Morgan fingerprint density at radius 2 is 2.05 bits per heavy atom. The van der Waals surface area contributed by atoms with E-state index in [-0.39, 0.29) is 15.7 Å². The van der Waals surface area contributed by atoms with Crippen molar-refractivity contribution in [2.75, 3.05) is 5.73 Å². The number of anilines is 1. The highest BCUT2D eigenvalue weighted by molar-refractivity contribution is 7.90. The monoisotopic (exact) mass is 313 g/mol. The van der Waals surface area contributed by atoms with Gasteiger partial charge >= 0.3 is 0 Å². The Hall–Kier alpha value is -1.53. The van der Waals surface area contributed by atoms with Gasteiger partial charge in [-0.25, -0.2) is 8.42 Å². The normalized spacial score (nSPS) is 11.8. The van der Waals surface area contributed by atoms with Gasteiger partial charge in [-0.3, -0.25) is 4.68 Å². The fourth-order valence-electron chi connectivity index (χ4n) is 2.03. The summed E-state index contributed by atoms with van der Waals surface area (Å²) in [4.78, 5) is 0.0925. The third-order valence-electron chi connectivity index (χ3n) is 2.91. The molecular formula is C13H16ClN3O2S. The molecule has 2 aromatic rings. The molecule has 0 aliphatic rings. The summed E-state index contributed by atoms with van der Waals surface area (Å²) in [5.74, 6) is -0.134. The number of nitrogens with two attached hydrogens (primary N) is 1. The van der Waals surface area contributed by atoms with Crippen LogP contribution < -0.4 is 5.73 Å². The van der Waals surface area contributed by atoms with E-state index in [1.165, 1.54) is 18.2 Å². The van der Waals surface area contributed by atoms with Crippen molar-refractivity contribution in [1.82, 2.24) is 9.78 Å². The number of hydrogen-bond donors (Lipinski definition) is 1. The maximum Gasteiger partial charge on any atom is 0.185 e. The minimum atomic E-state index is -3.53. The molecule has 20 heavy (non-hydrogen) atoms. The van der Waals surface area contributed by atoms with Gasteiger partial charge in [-0.15, -0.1) is 0 Å². The molecule has 0 atom stereocenters. The summed E-state index contributed by atoms with van der Waals surface area (Å²) < 4.78 is 26.6. The van der Waals surface area contributed by atoms with Crippen LogP contribution in [0.25, 0.3) is 0 Å². The second-order valence-electron chi connectivity index (χ2n) is 4.54. The predicted octanol–water partition coefficient (Wildman–Crippen LogP) is 2.42. The zero-order valence-electron chi connectivity index (χ0n) is 11.3. The number of hydrogen-bond acceptors (Lipinski definition) is 4. The van der Waals surface area contributed by atoms with Crippen molar-refractivity contribution < 1.29 is 8.42 Å². The van der Waals surface area contributed by atoms with Crippen LogP contribution in [0.4, 0.5) is 5.69 Å². The number of halogens is 1. The lowest BCUT2D eigenvalue weighted by molar-refractivity contribution is 0.585. The summed E-state index contributed by atoms with van der Waals surface area (Å²) in [6.45, 7) is 4.37. The first-order valence-electron chi connectivity index (χ1n) is 6.14. The second-order valence-corrected chi connectivity index (χ2v) is 6.91. The van der Waals surface area contributed by atoms with Gasteiger partial charge < -0.3 is 5.73 Å². The van der Waals surface area contributed by atoms with Crippen LogP contribution in [0, 0.1) is 6.92 Å². The van der Waals surface area contributed by atoms with E-state index in [9.17, 15) is 8.42 Å². The summed E-state index contributed by atoms with van der Waals surface area (Å²) in [7, 11) is -3.53. The molecule has 0 spiro atoms. The Morgan fingerprint density at radius 1 is 1.35 bits per heavy atom. The highest BCUT2D eigenvalue weighted by Crippen LogP contribution is 2.26. The molecule has 0 unspecified atom stereocenters. The number of aromatic nitrogens is 2. The smallest absolute Gasteiger partial charge is 0.185 e. The van der Waals surface area contributed by atoms with Gasteiger partial charge in [0.1, 0.15) is 0 Å². The molecule has 0 fully saturated rings. The molecule has 0 bridgehead atoms. The van der Waals surface area contributed by atoms with E-state index >= 15 is 0 Å². The minimum Gasteiger partial charge on any atom is -0.399 e. The van der Waals surface area contributed by atoms with E-state index in [0.717, 1.165) is 5.69 Å². The van der Waals surface area contributed by atoms with Crippen molar-refractivity contribution >= 4 is 27.1 Å². The van der Waals surface area contributed by atoms with Gasteiger partial charge in [0.15, 0.2) is 9.84 Å². The van der Waals surface area contributed by atoms with Crippen LogP contribution in [0.2, 0.25) is 5.02 Å². The average molecular weight is 314 g/mol. The van der Waals surface area contributed by atoms with Crippen LogP contribution in [-0.4, -0.2) is 18.2 Å². The zero-order chi connectivity index (χ0) is 14.9. The largest absolute Gasteiger partial charge is 0.399 e. The van der Waals surface area contributed by atoms with Gasteiger partial charge in [-0.2, -0.15) is 5.10 Å².